The summed E-state index contributed by atoms with van der Waals surface area (Å²) < 4.78 is 30.4. The van der Waals surface area contributed by atoms with Crippen molar-refractivity contribution in [2.45, 2.75) is 51.0 Å². The van der Waals surface area contributed by atoms with Crippen LogP contribution in [-0.4, -0.2) is 47.5 Å². The van der Waals surface area contributed by atoms with Crippen molar-refractivity contribution in [2.75, 3.05) is 5.75 Å². The van der Waals surface area contributed by atoms with E-state index in [4.69, 9.17) is 9.66 Å². The predicted octanol–water partition coefficient (Wildman–Crippen LogP) is 3.72. The lowest BCUT2D eigenvalue weighted by Crippen LogP contribution is -2.45. The first-order valence-corrected chi connectivity index (χ1v) is 12.4. The van der Waals surface area contributed by atoms with Crippen LogP contribution in [0.2, 0.25) is 0 Å². The number of amides is 1. The molecule has 0 aromatic heterocycles. The number of carboxylic acids is 1. The van der Waals surface area contributed by atoms with E-state index in [9.17, 15) is 22.8 Å². The van der Waals surface area contributed by atoms with Crippen LogP contribution in [0.25, 0.3) is 11.1 Å². The number of unbranched alkanes of at least 4 members (excludes halogenated alkanes) is 4. The summed E-state index contributed by atoms with van der Waals surface area (Å²) in [5.74, 6) is -3.10. The van der Waals surface area contributed by atoms with Gasteiger partial charge < -0.3 is 10.4 Å². The van der Waals surface area contributed by atoms with Gasteiger partial charge in [0.05, 0.1) is 0 Å². The van der Waals surface area contributed by atoms with E-state index in [1.165, 1.54) is 0 Å². The highest BCUT2D eigenvalue weighted by molar-refractivity contribution is 7.85. The average Bonchev–Trinajstić information content (AvgIpc) is 2.77. The van der Waals surface area contributed by atoms with Crippen LogP contribution in [0.4, 0.5) is 0 Å². The van der Waals surface area contributed by atoms with Gasteiger partial charge in [0.25, 0.3) is 10.1 Å². The summed E-state index contributed by atoms with van der Waals surface area (Å²) >= 11 is 0. The number of carboxylic acid groups (broad SMARTS) is 1. The van der Waals surface area contributed by atoms with Gasteiger partial charge in [-0.25, -0.2) is 4.79 Å². The molecule has 8 nitrogen and oxygen atoms in total. The molecule has 0 radical (unpaired) electrons. The van der Waals surface area contributed by atoms with Gasteiger partial charge in [-0.3, -0.25) is 14.1 Å². The highest BCUT2D eigenvalue weighted by atomic mass is 32.2. The zero-order chi connectivity index (χ0) is 24.3. The fourth-order valence-corrected chi connectivity index (χ4v) is 4.13. The lowest BCUT2D eigenvalue weighted by atomic mass is 9.94. The van der Waals surface area contributed by atoms with Gasteiger partial charge >= 0.3 is 5.97 Å². The number of benzene rings is 2. The predicted molar refractivity (Wildman–Crippen MR) is 125 cm³/mol. The largest absolute Gasteiger partial charge is 0.480 e. The third-order valence-corrected chi connectivity index (χ3v) is 5.89. The van der Waals surface area contributed by atoms with Crippen molar-refractivity contribution in [3.8, 4) is 11.1 Å². The molecule has 0 aliphatic rings. The van der Waals surface area contributed by atoms with Gasteiger partial charge in [0.2, 0.25) is 5.91 Å². The van der Waals surface area contributed by atoms with Gasteiger partial charge in [-0.2, -0.15) is 8.42 Å². The fraction of sp³-hybridized carbons (Fsp3) is 0.375. The number of nitrogens with one attached hydrogen (secondary N) is 1. The van der Waals surface area contributed by atoms with Crippen molar-refractivity contribution < 1.29 is 32.5 Å². The molecule has 1 atom stereocenters. The van der Waals surface area contributed by atoms with Crippen LogP contribution in [0, 0.1) is 0 Å². The summed E-state index contributed by atoms with van der Waals surface area (Å²) in [7, 11) is -4.52. The Labute approximate surface area is 193 Å². The molecule has 33 heavy (non-hydrogen) atoms. The Morgan fingerprint density at radius 2 is 1.39 bits per heavy atom. The number of rotatable bonds is 14. The van der Waals surface area contributed by atoms with Gasteiger partial charge in [0.15, 0.2) is 5.78 Å². The molecule has 2 aromatic carbocycles. The SMILES string of the molecule is O=C(CCCCCCCC(=O)c1ccccc1-c1ccccc1)N[C@@H](CS(=O)(=O)O)C(=O)O. The van der Waals surface area contributed by atoms with Crippen LogP contribution in [0.5, 0.6) is 0 Å². The minimum atomic E-state index is -4.52. The second kappa shape index (κ2) is 12.9. The number of carbonyl (C=O) groups is 3. The maximum absolute atomic E-state index is 12.7. The molecule has 0 aliphatic heterocycles. The second-order valence-electron chi connectivity index (χ2n) is 7.81. The molecule has 0 bridgehead atoms. The van der Waals surface area contributed by atoms with E-state index in [0.717, 1.165) is 36.8 Å². The van der Waals surface area contributed by atoms with E-state index >= 15 is 0 Å². The van der Waals surface area contributed by atoms with Crippen molar-refractivity contribution in [2.24, 2.45) is 0 Å². The monoisotopic (exact) mass is 475 g/mol. The molecule has 0 saturated carbocycles. The topological polar surface area (TPSA) is 138 Å². The minimum Gasteiger partial charge on any atom is -0.480 e. The zero-order valence-electron chi connectivity index (χ0n) is 18.3. The van der Waals surface area contributed by atoms with Crippen molar-refractivity contribution in [1.82, 2.24) is 5.32 Å². The number of ketones is 1. The Hall–Kier alpha value is -3.04. The molecule has 178 valence electrons. The summed E-state index contributed by atoms with van der Waals surface area (Å²) in [5.41, 5.74) is 2.63. The first-order valence-electron chi connectivity index (χ1n) is 10.8. The van der Waals surface area contributed by atoms with Crippen LogP contribution in [0.15, 0.2) is 54.6 Å². The van der Waals surface area contributed by atoms with Crippen molar-refractivity contribution in [3.63, 3.8) is 0 Å². The molecular formula is C24H29NO7S. The summed E-state index contributed by atoms with van der Waals surface area (Å²) in [4.78, 5) is 35.5. The number of Topliss-reactive ketones (excluding diaryl/α,β-unsaturated/α-hetero) is 1. The highest BCUT2D eigenvalue weighted by Crippen LogP contribution is 2.25. The Morgan fingerprint density at radius 3 is 2.03 bits per heavy atom. The van der Waals surface area contributed by atoms with Crippen LogP contribution in [-0.2, 0) is 19.7 Å². The number of hydrogen-bond acceptors (Lipinski definition) is 5. The van der Waals surface area contributed by atoms with Crippen molar-refractivity contribution in [3.05, 3.63) is 60.2 Å². The lowest BCUT2D eigenvalue weighted by molar-refractivity contribution is -0.141. The Balaban J connectivity index is 1.69. The smallest absolute Gasteiger partial charge is 0.327 e. The molecule has 0 fully saturated rings. The first-order chi connectivity index (χ1) is 15.7. The second-order valence-corrected chi connectivity index (χ2v) is 9.31. The minimum absolute atomic E-state index is 0.0542. The Morgan fingerprint density at radius 1 is 0.818 bits per heavy atom. The van der Waals surface area contributed by atoms with Crippen molar-refractivity contribution in [1.29, 1.82) is 0 Å². The molecule has 0 saturated heterocycles. The van der Waals surface area contributed by atoms with E-state index in [1.807, 2.05) is 54.6 Å². The van der Waals surface area contributed by atoms with Crippen LogP contribution < -0.4 is 5.32 Å². The Kier molecular flexibility index (Phi) is 10.2. The molecule has 9 heteroatoms. The molecule has 0 unspecified atom stereocenters. The van der Waals surface area contributed by atoms with E-state index in [-0.39, 0.29) is 12.2 Å². The van der Waals surface area contributed by atoms with E-state index < -0.39 is 33.8 Å². The number of hydrogen-bond donors (Lipinski definition) is 3. The van der Waals surface area contributed by atoms with Gasteiger partial charge in [0, 0.05) is 18.4 Å². The van der Waals surface area contributed by atoms with Gasteiger partial charge in [-0.15, -0.1) is 0 Å². The number of carbonyl (C=O) groups excluding carboxylic acids is 2. The van der Waals surface area contributed by atoms with E-state index in [1.54, 1.807) is 0 Å². The summed E-state index contributed by atoms with van der Waals surface area (Å²) in [5, 5.41) is 11.0. The van der Waals surface area contributed by atoms with Crippen LogP contribution >= 0.6 is 0 Å². The van der Waals surface area contributed by atoms with Crippen LogP contribution in [0.3, 0.4) is 0 Å². The standard InChI is InChI=1S/C24H29NO7S/c26-22(20-14-10-9-13-19(20)18-11-5-4-6-12-18)15-7-2-1-3-8-16-23(27)25-21(24(28)29)17-33(30,31)32/h4-6,9-14,21H,1-3,7-8,15-17H2,(H,25,27)(H,28,29)(H,30,31,32)/t21-/m0/s1. The van der Waals surface area contributed by atoms with Gasteiger partial charge in [0.1, 0.15) is 11.8 Å². The normalized spacial score (nSPS) is 12.2. The first kappa shape index (κ1) is 26.2. The maximum atomic E-state index is 12.7. The van der Waals surface area contributed by atoms with E-state index in [0.29, 0.717) is 18.4 Å². The lowest BCUT2D eigenvalue weighted by Gasteiger charge is -2.12. The van der Waals surface area contributed by atoms with Gasteiger partial charge in [-0.05, 0) is 24.0 Å². The molecule has 0 spiro atoms. The summed E-state index contributed by atoms with van der Waals surface area (Å²) in [6, 6.07) is 15.6. The fourth-order valence-electron chi connectivity index (χ4n) is 3.48. The molecule has 0 heterocycles. The van der Waals surface area contributed by atoms with Crippen molar-refractivity contribution >= 4 is 27.8 Å². The third kappa shape index (κ3) is 9.55. The third-order valence-electron chi connectivity index (χ3n) is 5.13. The van der Waals surface area contributed by atoms with E-state index in [2.05, 4.69) is 5.32 Å². The summed E-state index contributed by atoms with van der Waals surface area (Å²) in [6.45, 7) is 0. The molecule has 0 aliphatic carbocycles. The van der Waals surface area contributed by atoms with Gasteiger partial charge in [-0.1, -0.05) is 73.9 Å². The molecule has 1 amide bonds. The van der Waals surface area contributed by atoms with Crippen LogP contribution in [0.1, 0.15) is 55.3 Å². The maximum Gasteiger partial charge on any atom is 0.327 e. The number of aliphatic carboxylic acids is 1. The Bertz CT molecular complexity index is 1050. The highest BCUT2D eigenvalue weighted by Gasteiger charge is 2.25. The molecule has 2 aromatic rings. The average molecular weight is 476 g/mol. The molecule has 3 N–H and O–H groups in total. The molecule has 2 rings (SSSR count). The zero-order valence-corrected chi connectivity index (χ0v) is 19.1. The quantitative estimate of drug-likeness (QED) is 0.215. The summed E-state index contributed by atoms with van der Waals surface area (Å²) in [6.07, 6.45) is 4.07. The molecular weight excluding hydrogens is 446 g/mol.